The highest BCUT2D eigenvalue weighted by Crippen LogP contribution is 2.32. The number of ether oxygens (including phenoxy) is 5. The van der Waals surface area contributed by atoms with Gasteiger partial charge in [-0.1, -0.05) is 67.9 Å². The number of rotatable bonds is 13. The minimum atomic E-state index is -1.83. The van der Waals surface area contributed by atoms with Crippen molar-refractivity contribution in [3.8, 4) is 11.5 Å². The molecule has 0 spiro atoms. The standard InChI is InChI=1S/C30H47NO10/c1-10-11-19(2)24(32)39-20(3)15-30(31,25(33)34)16-21-12-13-22(40-26(35)37-17-28(4,5)6)23(14-21)41-27(36)38-18-29(7,8)9/h12-14,19-20H,10-11,15-18,31H2,1-9H3,(H,33,34)/t19?,20-,30?/m0/s1. The Bertz CT molecular complexity index is 1060. The van der Waals surface area contributed by atoms with Gasteiger partial charge in [-0.15, -0.1) is 0 Å². The molecule has 0 heterocycles. The fourth-order valence-corrected chi connectivity index (χ4v) is 3.64. The van der Waals surface area contributed by atoms with E-state index in [1.165, 1.54) is 18.2 Å². The summed E-state index contributed by atoms with van der Waals surface area (Å²) in [7, 11) is 0. The van der Waals surface area contributed by atoms with Crippen molar-refractivity contribution in [1.82, 2.24) is 0 Å². The van der Waals surface area contributed by atoms with Gasteiger partial charge in [0, 0.05) is 12.8 Å². The second-order valence-electron chi connectivity index (χ2n) is 13.0. The molecule has 0 aromatic heterocycles. The van der Waals surface area contributed by atoms with Gasteiger partial charge in [0.1, 0.15) is 11.6 Å². The molecule has 0 radical (unpaired) electrons. The lowest BCUT2D eigenvalue weighted by Crippen LogP contribution is -2.52. The first-order chi connectivity index (χ1) is 18.7. The molecule has 3 N–H and O–H groups in total. The third-order valence-electron chi connectivity index (χ3n) is 5.68. The summed E-state index contributed by atoms with van der Waals surface area (Å²) in [6.07, 6.45) is -1.74. The van der Waals surface area contributed by atoms with Gasteiger partial charge in [0.2, 0.25) is 0 Å². The molecule has 11 nitrogen and oxygen atoms in total. The molecular weight excluding hydrogens is 534 g/mol. The molecule has 1 rings (SSSR count). The van der Waals surface area contributed by atoms with Gasteiger partial charge < -0.3 is 34.5 Å². The zero-order valence-corrected chi connectivity index (χ0v) is 25.8. The van der Waals surface area contributed by atoms with Crippen molar-refractivity contribution in [3.63, 3.8) is 0 Å². The number of aliphatic carboxylic acids is 1. The molecule has 1 aromatic carbocycles. The van der Waals surface area contributed by atoms with Crippen LogP contribution in [0, 0.1) is 16.7 Å². The summed E-state index contributed by atoms with van der Waals surface area (Å²) in [5.41, 5.74) is 4.20. The van der Waals surface area contributed by atoms with E-state index in [1.54, 1.807) is 13.8 Å². The molecule has 2 unspecified atom stereocenters. The molecule has 3 atom stereocenters. The molecule has 1 aromatic rings. The average molecular weight is 582 g/mol. The molecule has 0 fully saturated rings. The van der Waals surface area contributed by atoms with Crippen LogP contribution >= 0.6 is 0 Å². The highest BCUT2D eigenvalue weighted by atomic mass is 16.7. The molecule has 0 saturated heterocycles. The predicted molar refractivity (Wildman–Crippen MR) is 152 cm³/mol. The number of benzene rings is 1. The van der Waals surface area contributed by atoms with Crippen molar-refractivity contribution in [3.05, 3.63) is 23.8 Å². The molecule has 0 aliphatic carbocycles. The smallest absolute Gasteiger partial charge is 0.480 e. The topological polar surface area (TPSA) is 161 Å². The molecule has 0 aliphatic heterocycles. The lowest BCUT2D eigenvalue weighted by Gasteiger charge is -2.28. The molecule has 0 saturated carbocycles. The normalized spacial score (nSPS) is 14.7. The van der Waals surface area contributed by atoms with Crippen molar-refractivity contribution in [1.29, 1.82) is 0 Å². The lowest BCUT2D eigenvalue weighted by atomic mass is 9.86. The first kappa shape index (κ1) is 35.7. The van der Waals surface area contributed by atoms with Crippen LogP contribution < -0.4 is 15.2 Å². The summed E-state index contributed by atoms with van der Waals surface area (Å²) in [6, 6.07) is 4.18. The van der Waals surface area contributed by atoms with Gasteiger partial charge in [-0.2, -0.15) is 0 Å². The van der Waals surface area contributed by atoms with Gasteiger partial charge in [-0.25, -0.2) is 9.59 Å². The van der Waals surface area contributed by atoms with Crippen molar-refractivity contribution in [2.45, 2.75) is 99.6 Å². The highest BCUT2D eigenvalue weighted by Gasteiger charge is 2.37. The number of hydrogen-bond acceptors (Lipinski definition) is 10. The minimum Gasteiger partial charge on any atom is -0.480 e. The van der Waals surface area contributed by atoms with Gasteiger partial charge in [0.25, 0.3) is 0 Å². The van der Waals surface area contributed by atoms with Crippen LogP contribution in [0.1, 0.15) is 87.1 Å². The van der Waals surface area contributed by atoms with Crippen LogP contribution in [-0.4, -0.2) is 54.2 Å². The maximum Gasteiger partial charge on any atom is 0.513 e. The maximum absolute atomic E-state index is 12.4. The second kappa shape index (κ2) is 15.0. The van der Waals surface area contributed by atoms with Crippen LogP contribution in [0.3, 0.4) is 0 Å². The van der Waals surface area contributed by atoms with Crippen molar-refractivity contribution in [2.24, 2.45) is 22.5 Å². The number of esters is 1. The van der Waals surface area contributed by atoms with E-state index in [0.717, 1.165) is 6.42 Å². The Kier molecular flexibility index (Phi) is 13.1. The second-order valence-corrected chi connectivity index (χ2v) is 13.0. The van der Waals surface area contributed by atoms with E-state index in [0.29, 0.717) is 12.0 Å². The summed E-state index contributed by atoms with van der Waals surface area (Å²) in [5, 5.41) is 9.97. The summed E-state index contributed by atoms with van der Waals surface area (Å²) >= 11 is 0. The Morgan fingerprint density at radius 2 is 1.39 bits per heavy atom. The van der Waals surface area contributed by atoms with Crippen LogP contribution in [0.2, 0.25) is 0 Å². The van der Waals surface area contributed by atoms with E-state index >= 15 is 0 Å². The van der Waals surface area contributed by atoms with Crippen molar-refractivity contribution in [2.75, 3.05) is 13.2 Å². The molecule has 0 amide bonds. The molecule has 41 heavy (non-hydrogen) atoms. The van der Waals surface area contributed by atoms with E-state index in [1.807, 2.05) is 48.5 Å². The van der Waals surface area contributed by atoms with Gasteiger partial charge in [0.05, 0.1) is 19.1 Å². The van der Waals surface area contributed by atoms with Crippen LogP contribution in [0.5, 0.6) is 11.5 Å². The Balaban J connectivity index is 3.20. The Morgan fingerprint density at radius 3 is 1.85 bits per heavy atom. The molecule has 11 heteroatoms. The quantitative estimate of drug-likeness (QED) is 0.162. The lowest BCUT2D eigenvalue weighted by molar-refractivity contribution is -0.156. The maximum atomic E-state index is 12.4. The van der Waals surface area contributed by atoms with Crippen molar-refractivity contribution >= 4 is 24.2 Å². The van der Waals surface area contributed by atoms with Gasteiger partial charge in [-0.3, -0.25) is 9.59 Å². The molecule has 0 aliphatic rings. The zero-order chi connectivity index (χ0) is 31.6. The summed E-state index contributed by atoms with van der Waals surface area (Å²) in [4.78, 5) is 49.3. The third kappa shape index (κ3) is 13.7. The number of carbonyl (C=O) groups excluding carboxylic acids is 3. The Hall–Kier alpha value is -3.34. The van der Waals surface area contributed by atoms with Crippen LogP contribution in [0.15, 0.2) is 18.2 Å². The number of carboxylic acids is 1. The van der Waals surface area contributed by atoms with E-state index in [2.05, 4.69) is 0 Å². The number of carboxylic acid groups (broad SMARTS) is 1. The fourth-order valence-electron chi connectivity index (χ4n) is 3.64. The van der Waals surface area contributed by atoms with E-state index in [-0.39, 0.29) is 54.3 Å². The van der Waals surface area contributed by atoms with Crippen molar-refractivity contribution < 1.29 is 48.0 Å². The minimum absolute atomic E-state index is 0.0632. The van der Waals surface area contributed by atoms with Gasteiger partial charge in [-0.05, 0) is 41.9 Å². The largest absolute Gasteiger partial charge is 0.513 e. The van der Waals surface area contributed by atoms with Crippen LogP contribution in [0.4, 0.5) is 9.59 Å². The van der Waals surface area contributed by atoms with Crippen LogP contribution in [-0.2, 0) is 30.2 Å². The van der Waals surface area contributed by atoms with Gasteiger partial charge >= 0.3 is 24.2 Å². The predicted octanol–water partition coefficient (Wildman–Crippen LogP) is 5.89. The Labute approximate surface area is 243 Å². The van der Waals surface area contributed by atoms with E-state index in [9.17, 15) is 24.3 Å². The molecular formula is C30H47NO10. The Morgan fingerprint density at radius 1 is 0.878 bits per heavy atom. The highest BCUT2D eigenvalue weighted by molar-refractivity contribution is 5.79. The summed E-state index contributed by atoms with van der Waals surface area (Å²) < 4.78 is 26.4. The summed E-state index contributed by atoms with van der Waals surface area (Å²) in [5.74, 6) is -2.36. The first-order valence-corrected chi connectivity index (χ1v) is 13.8. The summed E-state index contributed by atoms with van der Waals surface area (Å²) in [6.45, 7) is 16.7. The fraction of sp³-hybridized carbons (Fsp3) is 0.667. The average Bonchev–Trinajstić information content (AvgIpc) is 2.82. The van der Waals surface area contributed by atoms with E-state index in [4.69, 9.17) is 29.4 Å². The third-order valence-corrected chi connectivity index (χ3v) is 5.68. The number of hydrogen-bond donors (Lipinski definition) is 2. The van der Waals surface area contributed by atoms with Gasteiger partial charge in [0.15, 0.2) is 11.5 Å². The molecule has 232 valence electrons. The molecule has 0 bridgehead atoms. The zero-order valence-electron chi connectivity index (χ0n) is 25.8. The van der Waals surface area contributed by atoms with Crippen LogP contribution in [0.25, 0.3) is 0 Å². The SMILES string of the molecule is CCCC(C)C(=O)O[C@@H](C)CC(N)(Cc1ccc(OC(=O)OCC(C)(C)C)c(OC(=O)OCC(C)(C)C)c1)C(=O)O. The van der Waals surface area contributed by atoms with E-state index < -0.39 is 35.9 Å². The number of carbonyl (C=O) groups is 4. The monoisotopic (exact) mass is 581 g/mol. The first-order valence-electron chi connectivity index (χ1n) is 13.8. The number of nitrogens with two attached hydrogens (primary N) is 1.